The van der Waals surface area contributed by atoms with Crippen LogP contribution in [0.25, 0.3) is 0 Å². The predicted octanol–water partition coefficient (Wildman–Crippen LogP) is 1.84. The van der Waals surface area contributed by atoms with Crippen molar-refractivity contribution >= 4 is 5.97 Å². The molecule has 1 aromatic carbocycles. The fraction of sp³-hybridized carbons (Fsp3) is 0.462. The van der Waals surface area contributed by atoms with Gasteiger partial charge in [0.15, 0.2) is 5.60 Å². The van der Waals surface area contributed by atoms with Crippen LogP contribution in [0, 0.1) is 0 Å². The van der Waals surface area contributed by atoms with E-state index in [0.29, 0.717) is 19.6 Å². The molecule has 1 aliphatic heterocycles. The van der Waals surface area contributed by atoms with Crippen molar-refractivity contribution in [2.24, 2.45) is 0 Å². The zero-order valence-electron chi connectivity index (χ0n) is 9.59. The van der Waals surface area contributed by atoms with Crippen LogP contribution < -0.4 is 0 Å². The molecule has 17 heavy (non-hydrogen) atoms. The van der Waals surface area contributed by atoms with Crippen LogP contribution in [0.5, 0.6) is 0 Å². The van der Waals surface area contributed by atoms with Gasteiger partial charge in [-0.15, -0.1) is 0 Å². The van der Waals surface area contributed by atoms with Crippen molar-refractivity contribution in [2.45, 2.75) is 25.0 Å². The summed E-state index contributed by atoms with van der Waals surface area (Å²) in [7, 11) is 0. The maximum absolute atomic E-state index is 11.2. The summed E-state index contributed by atoms with van der Waals surface area (Å²) in [5.41, 5.74) is -0.0968. The van der Waals surface area contributed by atoms with Crippen LogP contribution in [-0.4, -0.2) is 29.9 Å². The smallest absolute Gasteiger partial charge is 0.338 e. The Balaban J connectivity index is 1.87. The number of hydrogen-bond acceptors (Lipinski definition) is 3. The average molecular weight is 236 g/mol. The predicted molar refractivity (Wildman–Crippen MR) is 61.7 cm³/mol. The van der Waals surface area contributed by atoms with Gasteiger partial charge in [-0.05, 0) is 18.4 Å². The highest BCUT2D eigenvalue weighted by molar-refractivity contribution is 5.78. The standard InChI is InChI=1S/C13H16O4/c14-12(15)13(7-4-8-17-13)10-16-9-11-5-2-1-3-6-11/h1-3,5-6H,4,7-10H2,(H,14,15). The SMILES string of the molecule is O=C(O)C1(COCc2ccccc2)CCCO1. The van der Waals surface area contributed by atoms with E-state index in [0.717, 1.165) is 12.0 Å². The van der Waals surface area contributed by atoms with Gasteiger partial charge in [0.25, 0.3) is 0 Å². The van der Waals surface area contributed by atoms with Gasteiger partial charge in [-0.25, -0.2) is 4.79 Å². The number of aliphatic carboxylic acids is 1. The lowest BCUT2D eigenvalue weighted by molar-refractivity contribution is -0.167. The van der Waals surface area contributed by atoms with Gasteiger partial charge in [-0.3, -0.25) is 0 Å². The third-order valence-electron chi connectivity index (χ3n) is 2.94. The molecule has 4 heteroatoms. The average Bonchev–Trinajstić information content (AvgIpc) is 2.80. The first kappa shape index (κ1) is 12.1. The number of carbonyl (C=O) groups is 1. The molecule has 1 fully saturated rings. The second kappa shape index (κ2) is 5.29. The van der Waals surface area contributed by atoms with Crippen LogP contribution in [0.2, 0.25) is 0 Å². The number of rotatable bonds is 5. The maximum Gasteiger partial charge on any atom is 0.338 e. The minimum atomic E-state index is -1.13. The van der Waals surface area contributed by atoms with E-state index in [1.807, 2.05) is 30.3 Å². The van der Waals surface area contributed by atoms with Crippen LogP contribution in [0.4, 0.5) is 0 Å². The molecular weight excluding hydrogens is 220 g/mol. The molecule has 1 N–H and O–H groups in total. The highest BCUT2D eigenvalue weighted by Crippen LogP contribution is 2.26. The van der Waals surface area contributed by atoms with Crippen molar-refractivity contribution < 1.29 is 19.4 Å². The van der Waals surface area contributed by atoms with E-state index < -0.39 is 11.6 Å². The molecule has 0 amide bonds. The van der Waals surface area contributed by atoms with Gasteiger partial charge < -0.3 is 14.6 Å². The highest BCUT2D eigenvalue weighted by atomic mass is 16.6. The second-order valence-electron chi connectivity index (χ2n) is 4.23. The lowest BCUT2D eigenvalue weighted by atomic mass is 10.0. The summed E-state index contributed by atoms with van der Waals surface area (Å²) in [6.45, 7) is 1.03. The van der Waals surface area contributed by atoms with E-state index in [-0.39, 0.29) is 6.61 Å². The number of hydrogen-bond donors (Lipinski definition) is 1. The Morgan fingerprint density at radius 1 is 1.41 bits per heavy atom. The van der Waals surface area contributed by atoms with Gasteiger partial charge in [0, 0.05) is 6.61 Å². The Labute approximate surface area is 100 Å². The van der Waals surface area contributed by atoms with Crippen LogP contribution in [0.1, 0.15) is 18.4 Å². The summed E-state index contributed by atoms with van der Waals surface area (Å²) in [5.74, 6) is -0.928. The van der Waals surface area contributed by atoms with E-state index in [9.17, 15) is 4.79 Å². The van der Waals surface area contributed by atoms with E-state index in [2.05, 4.69) is 0 Å². The molecule has 0 saturated carbocycles. The van der Waals surface area contributed by atoms with Crippen molar-refractivity contribution in [1.82, 2.24) is 0 Å². The zero-order chi connectivity index (χ0) is 12.1. The van der Waals surface area contributed by atoms with Crippen molar-refractivity contribution in [2.75, 3.05) is 13.2 Å². The van der Waals surface area contributed by atoms with Gasteiger partial charge in [-0.1, -0.05) is 30.3 Å². The lowest BCUT2D eigenvalue weighted by Gasteiger charge is -2.22. The van der Waals surface area contributed by atoms with Crippen molar-refractivity contribution in [3.8, 4) is 0 Å². The Hall–Kier alpha value is -1.39. The van der Waals surface area contributed by atoms with Crippen molar-refractivity contribution in [1.29, 1.82) is 0 Å². The summed E-state index contributed by atoms with van der Waals surface area (Å²) >= 11 is 0. The lowest BCUT2D eigenvalue weighted by Crippen LogP contribution is -2.42. The van der Waals surface area contributed by atoms with Crippen LogP contribution in [0.3, 0.4) is 0 Å². The first-order valence-corrected chi connectivity index (χ1v) is 5.72. The number of benzene rings is 1. The Kier molecular flexibility index (Phi) is 3.76. The van der Waals surface area contributed by atoms with Crippen LogP contribution in [-0.2, 0) is 20.9 Å². The van der Waals surface area contributed by atoms with E-state index >= 15 is 0 Å². The monoisotopic (exact) mass is 236 g/mol. The topological polar surface area (TPSA) is 55.8 Å². The summed E-state index contributed by atoms with van der Waals surface area (Å²) in [4.78, 5) is 11.2. The van der Waals surface area contributed by atoms with Gasteiger partial charge in [0.2, 0.25) is 0 Å². The molecule has 1 heterocycles. The number of carboxylic acids is 1. The highest BCUT2D eigenvalue weighted by Gasteiger charge is 2.43. The largest absolute Gasteiger partial charge is 0.479 e. The first-order valence-electron chi connectivity index (χ1n) is 5.72. The quantitative estimate of drug-likeness (QED) is 0.847. The molecule has 1 unspecified atom stereocenters. The van der Waals surface area contributed by atoms with Gasteiger partial charge >= 0.3 is 5.97 Å². The second-order valence-corrected chi connectivity index (χ2v) is 4.23. The third-order valence-corrected chi connectivity index (χ3v) is 2.94. The van der Waals surface area contributed by atoms with Crippen LogP contribution >= 0.6 is 0 Å². The van der Waals surface area contributed by atoms with Crippen LogP contribution in [0.15, 0.2) is 30.3 Å². The van der Waals surface area contributed by atoms with E-state index in [4.69, 9.17) is 14.6 Å². The Morgan fingerprint density at radius 3 is 2.76 bits per heavy atom. The van der Waals surface area contributed by atoms with E-state index in [1.54, 1.807) is 0 Å². The molecule has 4 nitrogen and oxygen atoms in total. The molecule has 2 rings (SSSR count). The molecule has 0 aromatic heterocycles. The summed E-state index contributed by atoms with van der Waals surface area (Å²) in [6.07, 6.45) is 1.30. The molecule has 0 aliphatic carbocycles. The number of carboxylic acid groups (broad SMARTS) is 1. The molecule has 0 spiro atoms. The zero-order valence-corrected chi connectivity index (χ0v) is 9.59. The van der Waals surface area contributed by atoms with Gasteiger partial charge in [-0.2, -0.15) is 0 Å². The van der Waals surface area contributed by atoms with Gasteiger partial charge in [0.05, 0.1) is 13.2 Å². The fourth-order valence-corrected chi connectivity index (χ4v) is 1.95. The van der Waals surface area contributed by atoms with Crippen molar-refractivity contribution in [3.63, 3.8) is 0 Å². The molecule has 1 aliphatic rings. The minimum Gasteiger partial charge on any atom is -0.479 e. The molecule has 1 atom stereocenters. The number of ether oxygens (including phenoxy) is 2. The van der Waals surface area contributed by atoms with Gasteiger partial charge in [0.1, 0.15) is 0 Å². The fourth-order valence-electron chi connectivity index (χ4n) is 1.95. The molecule has 1 saturated heterocycles. The molecule has 0 bridgehead atoms. The maximum atomic E-state index is 11.2. The Bertz CT molecular complexity index is 368. The van der Waals surface area contributed by atoms with E-state index in [1.165, 1.54) is 0 Å². The first-order chi connectivity index (χ1) is 8.23. The summed E-state index contributed by atoms with van der Waals surface area (Å²) in [6, 6.07) is 9.68. The normalized spacial score (nSPS) is 23.8. The molecule has 1 aromatic rings. The summed E-state index contributed by atoms with van der Waals surface area (Å²) < 4.78 is 10.8. The molecule has 92 valence electrons. The van der Waals surface area contributed by atoms with Crippen molar-refractivity contribution in [3.05, 3.63) is 35.9 Å². The molecular formula is C13H16O4. The molecule has 0 radical (unpaired) electrons. The minimum absolute atomic E-state index is 0.108. The Morgan fingerprint density at radius 2 is 2.18 bits per heavy atom. The third kappa shape index (κ3) is 2.84. The summed E-state index contributed by atoms with van der Waals surface area (Å²) in [5, 5.41) is 9.16.